The normalized spacial score (nSPS) is 11.3. The Balaban J connectivity index is 0. The summed E-state index contributed by atoms with van der Waals surface area (Å²) in [6.07, 6.45) is 12.0. The predicted molar refractivity (Wildman–Crippen MR) is 79.8 cm³/mol. The third kappa shape index (κ3) is 19.3. The van der Waals surface area contributed by atoms with Gasteiger partial charge in [-0.1, -0.05) is 64.7 Å². The molecule has 110 valence electrons. The van der Waals surface area contributed by atoms with E-state index in [-0.39, 0.29) is 32.5 Å². The third-order valence-electron chi connectivity index (χ3n) is 2.76. The molecule has 0 saturated carbocycles. The van der Waals surface area contributed by atoms with E-state index >= 15 is 0 Å². The van der Waals surface area contributed by atoms with Crippen molar-refractivity contribution in [2.45, 2.75) is 71.1 Å². The summed E-state index contributed by atoms with van der Waals surface area (Å²) >= 11 is 0. The van der Waals surface area contributed by atoms with Crippen molar-refractivity contribution < 1.29 is 18.9 Å². The van der Waals surface area contributed by atoms with E-state index in [1.165, 1.54) is 44.9 Å². The number of hydrogen-bond acceptors (Lipinski definition) is 2. The molecule has 0 atom stereocenters. The number of phosphoric acid groups is 1. The zero-order valence-electron chi connectivity index (χ0n) is 10.9. The van der Waals surface area contributed by atoms with Crippen LogP contribution in [0.3, 0.4) is 0 Å². The maximum absolute atomic E-state index is 10.4. The molecule has 0 bridgehead atoms. The van der Waals surface area contributed by atoms with Crippen LogP contribution in [0.25, 0.3) is 0 Å². The second-order valence-corrected chi connectivity index (χ2v) is 5.75. The van der Waals surface area contributed by atoms with Crippen LogP contribution in [0.5, 0.6) is 0 Å². The number of unbranched alkanes of at least 4 members (excludes halogenated alkanes) is 9. The Labute approximate surface area is 130 Å². The molecule has 0 saturated heterocycles. The van der Waals surface area contributed by atoms with Crippen LogP contribution >= 0.6 is 7.82 Å². The molecule has 0 aromatic heterocycles. The summed E-state index contributed by atoms with van der Waals surface area (Å²) < 4.78 is 14.7. The quantitative estimate of drug-likeness (QED) is 0.401. The fraction of sp³-hybridized carbons (Fsp3) is 1.00. The Morgan fingerprint density at radius 3 is 1.61 bits per heavy atom. The van der Waals surface area contributed by atoms with Gasteiger partial charge < -0.3 is 9.79 Å². The molecule has 6 heteroatoms. The summed E-state index contributed by atoms with van der Waals surface area (Å²) in [5.74, 6) is 0. The first-order chi connectivity index (χ1) is 8.06. The van der Waals surface area contributed by atoms with Crippen molar-refractivity contribution in [1.29, 1.82) is 0 Å². The van der Waals surface area contributed by atoms with Crippen molar-refractivity contribution in [3.63, 3.8) is 0 Å². The molecular weight excluding hydrogens is 354 g/mol. The number of phosphoric ester groups is 1. The van der Waals surface area contributed by atoms with Gasteiger partial charge in [-0.2, -0.15) is 0 Å². The Hall–Kier alpha value is 0.980. The number of rotatable bonds is 12. The second-order valence-electron chi connectivity index (χ2n) is 4.51. The van der Waals surface area contributed by atoms with Crippen molar-refractivity contribution in [1.82, 2.24) is 0 Å². The van der Waals surface area contributed by atoms with Gasteiger partial charge in [-0.15, -0.1) is 0 Å². The van der Waals surface area contributed by atoms with E-state index < -0.39 is 7.82 Å². The van der Waals surface area contributed by atoms with Crippen molar-refractivity contribution >= 4 is 33.7 Å². The van der Waals surface area contributed by atoms with Gasteiger partial charge in [0.25, 0.3) is 0 Å². The molecule has 0 aromatic rings. The number of hydrogen-bond donors (Lipinski definition) is 2. The van der Waals surface area contributed by atoms with Crippen molar-refractivity contribution in [2.75, 3.05) is 6.61 Å². The van der Waals surface area contributed by atoms with Crippen molar-refractivity contribution in [3.05, 3.63) is 0 Å². The van der Waals surface area contributed by atoms with Gasteiger partial charge in [-0.05, 0) is 6.42 Å². The van der Waals surface area contributed by atoms with Crippen LogP contribution in [0.1, 0.15) is 71.1 Å². The molecule has 0 amide bonds. The summed E-state index contributed by atoms with van der Waals surface area (Å²) in [5.41, 5.74) is 0. The van der Waals surface area contributed by atoms with Gasteiger partial charge in [0.1, 0.15) is 0 Å². The average Bonchev–Trinajstić information content (AvgIpc) is 2.24. The third-order valence-corrected chi connectivity index (χ3v) is 3.28. The van der Waals surface area contributed by atoms with Gasteiger partial charge in [0, 0.05) is 0 Å². The molecule has 0 unspecified atom stereocenters. The van der Waals surface area contributed by atoms with Gasteiger partial charge in [0.05, 0.1) is 6.61 Å². The van der Waals surface area contributed by atoms with Gasteiger partial charge >= 0.3 is 33.7 Å². The SMILES string of the molecule is CCCCCCCCCCCCOP(=O)(O)O.[InH3]. The van der Waals surface area contributed by atoms with Crippen LogP contribution in [0.2, 0.25) is 0 Å². The van der Waals surface area contributed by atoms with Crippen LogP contribution in [0.15, 0.2) is 0 Å². The summed E-state index contributed by atoms with van der Waals surface area (Å²) in [5, 5.41) is 0. The minimum absolute atomic E-state index is 0. The first-order valence-electron chi connectivity index (χ1n) is 6.76. The van der Waals surface area contributed by atoms with Crippen molar-refractivity contribution in [2.24, 2.45) is 0 Å². The van der Waals surface area contributed by atoms with Crippen LogP contribution in [-0.4, -0.2) is 42.2 Å². The van der Waals surface area contributed by atoms with E-state index in [0.29, 0.717) is 0 Å². The molecule has 0 aliphatic heterocycles. The molecule has 0 fully saturated rings. The molecule has 0 radical (unpaired) electrons. The average molecular weight is 384 g/mol. The van der Waals surface area contributed by atoms with Crippen LogP contribution in [0.4, 0.5) is 0 Å². The molecule has 4 nitrogen and oxygen atoms in total. The Morgan fingerprint density at radius 2 is 1.22 bits per heavy atom. The maximum atomic E-state index is 10.4. The van der Waals surface area contributed by atoms with Crippen LogP contribution in [0, 0.1) is 0 Å². The topological polar surface area (TPSA) is 66.8 Å². The van der Waals surface area contributed by atoms with Gasteiger partial charge in [-0.25, -0.2) is 4.57 Å². The first-order valence-corrected chi connectivity index (χ1v) is 8.29. The first kappa shape index (κ1) is 21.3. The van der Waals surface area contributed by atoms with E-state index in [0.717, 1.165) is 19.3 Å². The van der Waals surface area contributed by atoms with E-state index in [9.17, 15) is 4.57 Å². The van der Waals surface area contributed by atoms with Gasteiger partial charge in [-0.3, -0.25) is 4.52 Å². The fourth-order valence-corrected chi connectivity index (χ4v) is 2.14. The molecular formula is C12H30InO4P. The molecule has 0 aliphatic carbocycles. The minimum atomic E-state index is -4.24. The Kier molecular flexibility index (Phi) is 17.0. The van der Waals surface area contributed by atoms with E-state index in [2.05, 4.69) is 11.4 Å². The van der Waals surface area contributed by atoms with Crippen LogP contribution in [-0.2, 0) is 9.09 Å². The monoisotopic (exact) mass is 384 g/mol. The van der Waals surface area contributed by atoms with Crippen LogP contribution < -0.4 is 0 Å². The molecule has 0 aromatic carbocycles. The molecule has 0 rings (SSSR count). The predicted octanol–water partition coefficient (Wildman–Crippen LogP) is 2.83. The molecule has 2 N–H and O–H groups in total. The molecule has 18 heavy (non-hydrogen) atoms. The van der Waals surface area contributed by atoms with E-state index in [4.69, 9.17) is 9.79 Å². The summed E-state index contributed by atoms with van der Waals surface area (Å²) in [4.78, 5) is 16.9. The second kappa shape index (κ2) is 14.4. The van der Waals surface area contributed by atoms with Gasteiger partial charge in [0.2, 0.25) is 0 Å². The van der Waals surface area contributed by atoms with E-state index in [1.807, 2.05) is 0 Å². The van der Waals surface area contributed by atoms with Gasteiger partial charge in [0.15, 0.2) is 0 Å². The summed E-state index contributed by atoms with van der Waals surface area (Å²) in [7, 11) is -4.24. The standard InChI is InChI=1S/C12H27O4P.In.3H/c1-2-3-4-5-6-7-8-9-10-11-12-16-17(13,14)15;;;;/h2-12H2,1H3,(H2,13,14,15);;;;. The zero-order chi connectivity index (χ0) is 13.0. The summed E-state index contributed by atoms with van der Waals surface area (Å²) in [6.45, 7) is 2.39. The van der Waals surface area contributed by atoms with Crippen molar-refractivity contribution in [3.8, 4) is 0 Å². The Morgan fingerprint density at radius 1 is 0.833 bits per heavy atom. The van der Waals surface area contributed by atoms with E-state index in [1.54, 1.807) is 0 Å². The molecule has 0 heterocycles. The fourth-order valence-electron chi connectivity index (χ4n) is 1.77. The summed E-state index contributed by atoms with van der Waals surface area (Å²) in [6, 6.07) is 0. The molecule has 0 spiro atoms. The molecule has 0 aliphatic rings. The zero-order valence-corrected chi connectivity index (χ0v) is 11.8. The Bertz CT molecular complexity index is 208.